The van der Waals surface area contributed by atoms with Crippen LogP contribution < -0.4 is 20.5 Å². The van der Waals surface area contributed by atoms with Gasteiger partial charge in [0, 0.05) is 19.2 Å². The van der Waals surface area contributed by atoms with E-state index in [0.29, 0.717) is 36.7 Å². The summed E-state index contributed by atoms with van der Waals surface area (Å²) < 4.78 is 15.6. The van der Waals surface area contributed by atoms with Crippen LogP contribution in [0.25, 0.3) is 22.3 Å². The number of benzene rings is 3. The van der Waals surface area contributed by atoms with Crippen molar-refractivity contribution in [3.8, 4) is 17.4 Å². The Labute approximate surface area is 233 Å². The highest BCUT2D eigenvalue weighted by Gasteiger charge is 2.20. The number of aryl methyl sites for hydroxylation is 1. The number of nitrogens with zero attached hydrogens (tertiary/aromatic N) is 3. The molecule has 202 valence electrons. The van der Waals surface area contributed by atoms with Gasteiger partial charge in [0.2, 0.25) is 11.8 Å². The van der Waals surface area contributed by atoms with Crippen molar-refractivity contribution in [3.63, 3.8) is 0 Å². The first-order valence-corrected chi connectivity index (χ1v) is 13.6. The second-order valence-electron chi connectivity index (χ2n) is 10.1. The van der Waals surface area contributed by atoms with Gasteiger partial charge in [0.1, 0.15) is 18.9 Å². The molecule has 2 aromatic heterocycles. The second kappa shape index (κ2) is 11.2. The third-order valence-electron chi connectivity index (χ3n) is 7.24. The standard InChI is InChI=1S/C33H32N4O3/c1-23-19-27(17-18-34-23)26-13-14-28-30(20-26)36(2)33(38)37(28)29-15-16-31(39-21-24-9-5-3-6-10-24)35-32(29)40-22-25-11-7-4-8-12-25/h3-16,19-20,23,34H,17-18,21-22H2,1-2H3/t23-/m1/s1. The molecule has 1 aliphatic rings. The Bertz CT molecular complexity index is 1720. The van der Waals surface area contributed by atoms with Gasteiger partial charge in [-0.3, -0.25) is 9.13 Å². The lowest BCUT2D eigenvalue weighted by Crippen LogP contribution is -2.29. The zero-order valence-corrected chi connectivity index (χ0v) is 22.7. The van der Waals surface area contributed by atoms with E-state index < -0.39 is 0 Å². The molecule has 0 fully saturated rings. The normalized spacial score (nSPS) is 15.2. The maximum atomic E-state index is 13.6. The van der Waals surface area contributed by atoms with E-state index in [2.05, 4.69) is 30.4 Å². The Balaban J connectivity index is 1.39. The van der Waals surface area contributed by atoms with E-state index in [9.17, 15) is 4.79 Å². The third-order valence-corrected chi connectivity index (χ3v) is 7.24. The Morgan fingerprint density at radius 3 is 2.27 bits per heavy atom. The van der Waals surface area contributed by atoms with Crippen LogP contribution in [-0.2, 0) is 20.3 Å². The van der Waals surface area contributed by atoms with Crippen molar-refractivity contribution in [1.29, 1.82) is 0 Å². The Kier molecular flexibility index (Phi) is 7.21. The van der Waals surface area contributed by atoms with E-state index in [0.717, 1.165) is 40.7 Å². The summed E-state index contributed by atoms with van der Waals surface area (Å²) in [5.41, 5.74) is 6.53. The van der Waals surface area contributed by atoms with Gasteiger partial charge in [0.05, 0.1) is 11.0 Å². The number of fused-ring (bicyclic) bond motifs is 1. The number of nitrogens with one attached hydrogen (secondary N) is 1. The van der Waals surface area contributed by atoms with Crippen LogP contribution in [0.3, 0.4) is 0 Å². The summed E-state index contributed by atoms with van der Waals surface area (Å²) in [6.07, 6.45) is 3.21. The van der Waals surface area contributed by atoms with Crippen LogP contribution in [0.5, 0.6) is 11.8 Å². The van der Waals surface area contributed by atoms with Gasteiger partial charge in [-0.25, -0.2) is 4.79 Å². The summed E-state index contributed by atoms with van der Waals surface area (Å²) in [7, 11) is 1.81. The highest BCUT2D eigenvalue weighted by molar-refractivity contribution is 5.83. The number of imidazole rings is 1. The molecular formula is C33H32N4O3. The van der Waals surface area contributed by atoms with Crippen molar-refractivity contribution in [2.24, 2.45) is 7.05 Å². The smallest absolute Gasteiger partial charge is 0.333 e. The number of aromatic nitrogens is 3. The molecular weight excluding hydrogens is 500 g/mol. The van der Waals surface area contributed by atoms with Crippen LogP contribution in [0.4, 0.5) is 0 Å². The first-order chi connectivity index (χ1) is 19.6. The van der Waals surface area contributed by atoms with Gasteiger partial charge < -0.3 is 14.8 Å². The summed E-state index contributed by atoms with van der Waals surface area (Å²) in [6.45, 7) is 3.79. The van der Waals surface area contributed by atoms with Crippen molar-refractivity contribution >= 4 is 16.6 Å². The van der Waals surface area contributed by atoms with Crippen molar-refractivity contribution in [2.45, 2.75) is 32.6 Å². The third kappa shape index (κ3) is 5.28. The minimum absolute atomic E-state index is 0.163. The summed E-state index contributed by atoms with van der Waals surface area (Å²) >= 11 is 0. The van der Waals surface area contributed by atoms with Gasteiger partial charge in [0.25, 0.3) is 0 Å². The molecule has 0 radical (unpaired) electrons. The molecule has 3 aromatic carbocycles. The maximum absolute atomic E-state index is 13.6. The van der Waals surface area contributed by atoms with Gasteiger partial charge in [-0.2, -0.15) is 4.98 Å². The Hall–Kier alpha value is -4.62. The Morgan fingerprint density at radius 1 is 0.875 bits per heavy atom. The molecule has 6 rings (SSSR count). The van der Waals surface area contributed by atoms with E-state index >= 15 is 0 Å². The van der Waals surface area contributed by atoms with Crippen LogP contribution in [0.1, 0.15) is 30.0 Å². The SMILES string of the molecule is C[C@@H]1C=C(c2ccc3c(c2)n(C)c(=O)n3-c2ccc(OCc3ccccc3)nc2OCc2ccccc2)CCN1. The van der Waals surface area contributed by atoms with Crippen molar-refractivity contribution in [2.75, 3.05) is 6.54 Å². The lowest BCUT2D eigenvalue weighted by atomic mass is 9.97. The quantitative estimate of drug-likeness (QED) is 0.280. The highest BCUT2D eigenvalue weighted by atomic mass is 16.5. The molecule has 1 atom stereocenters. The van der Waals surface area contributed by atoms with Gasteiger partial charge in [-0.1, -0.05) is 72.8 Å². The summed E-state index contributed by atoms with van der Waals surface area (Å²) in [5.74, 6) is 0.765. The summed E-state index contributed by atoms with van der Waals surface area (Å²) in [6, 6.07) is 30.0. The Morgan fingerprint density at radius 2 is 1.57 bits per heavy atom. The second-order valence-corrected chi connectivity index (χ2v) is 10.1. The molecule has 1 aliphatic heterocycles. The molecule has 40 heavy (non-hydrogen) atoms. The predicted octanol–water partition coefficient (Wildman–Crippen LogP) is 5.65. The van der Waals surface area contributed by atoms with E-state index in [1.54, 1.807) is 22.2 Å². The average molecular weight is 533 g/mol. The fourth-order valence-electron chi connectivity index (χ4n) is 5.12. The molecule has 0 saturated carbocycles. The number of hydrogen-bond donors (Lipinski definition) is 1. The molecule has 7 nitrogen and oxygen atoms in total. The molecule has 7 heteroatoms. The molecule has 0 amide bonds. The van der Waals surface area contributed by atoms with Gasteiger partial charge >= 0.3 is 5.69 Å². The van der Waals surface area contributed by atoms with E-state index in [1.165, 1.54) is 5.57 Å². The van der Waals surface area contributed by atoms with Gasteiger partial charge in [-0.15, -0.1) is 0 Å². The molecule has 0 aliphatic carbocycles. The molecule has 0 bridgehead atoms. The predicted molar refractivity (Wildman–Crippen MR) is 158 cm³/mol. The molecule has 3 heterocycles. The molecule has 0 spiro atoms. The number of rotatable bonds is 8. The molecule has 5 aromatic rings. The summed E-state index contributed by atoms with van der Waals surface area (Å²) in [4.78, 5) is 18.3. The first-order valence-electron chi connectivity index (χ1n) is 13.6. The summed E-state index contributed by atoms with van der Waals surface area (Å²) in [5, 5.41) is 3.45. The molecule has 0 saturated heterocycles. The minimum Gasteiger partial charge on any atom is -0.473 e. The number of pyridine rings is 1. The monoisotopic (exact) mass is 532 g/mol. The van der Waals surface area contributed by atoms with E-state index in [4.69, 9.17) is 14.5 Å². The topological polar surface area (TPSA) is 70.3 Å². The van der Waals surface area contributed by atoms with Crippen molar-refractivity contribution in [1.82, 2.24) is 19.4 Å². The van der Waals surface area contributed by atoms with Gasteiger partial charge in [-0.05, 0) is 60.4 Å². The molecule has 0 unspecified atom stereocenters. The van der Waals surface area contributed by atoms with Crippen LogP contribution in [0, 0.1) is 0 Å². The zero-order valence-electron chi connectivity index (χ0n) is 22.7. The van der Waals surface area contributed by atoms with E-state index in [-0.39, 0.29) is 5.69 Å². The van der Waals surface area contributed by atoms with Crippen LogP contribution in [-0.4, -0.2) is 26.7 Å². The van der Waals surface area contributed by atoms with Crippen LogP contribution in [0.15, 0.2) is 102 Å². The van der Waals surface area contributed by atoms with Crippen LogP contribution >= 0.6 is 0 Å². The zero-order chi connectivity index (χ0) is 27.5. The lowest BCUT2D eigenvalue weighted by molar-refractivity contribution is 0.267. The first kappa shape index (κ1) is 25.6. The van der Waals surface area contributed by atoms with Crippen molar-refractivity contribution < 1.29 is 9.47 Å². The van der Waals surface area contributed by atoms with E-state index in [1.807, 2.05) is 72.8 Å². The average Bonchev–Trinajstić information content (AvgIpc) is 3.24. The van der Waals surface area contributed by atoms with Crippen LogP contribution in [0.2, 0.25) is 0 Å². The minimum atomic E-state index is -0.163. The fraction of sp³-hybridized carbons (Fsp3) is 0.212. The lowest BCUT2D eigenvalue weighted by Gasteiger charge is -2.20. The highest BCUT2D eigenvalue weighted by Crippen LogP contribution is 2.30. The number of ether oxygens (including phenoxy) is 2. The van der Waals surface area contributed by atoms with Crippen molar-refractivity contribution in [3.05, 3.63) is 124 Å². The number of hydrogen-bond acceptors (Lipinski definition) is 5. The molecule has 1 N–H and O–H groups in total. The largest absolute Gasteiger partial charge is 0.473 e. The van der Waals surface area contributed by atoms with Gasteiger partial charge in [0.15, 0.2) is 0 Å². The fourth-order valence-corrected chi connectivity index (χ4v) is 5.12. The maximum Gasteiger partial charge on any atom is 0.333 e.